The van der Waals surface area contributed by atoms with Crippen LogP contribution < -0.4 is 9.62 Å². The Balaban J connectivity index is 1.34. The van der Waals surface area contributed by atoms with E-state index in [1.807, 2.05) is 6.07 Å². The van der Waals surface area contributed by atoms with E-state index in [0.29, 0.717) is 39.5 Å². The topological polar surface area (TPSA) is 78.0 Å². The van der Waals surface area contributed by atoms with E-state index in [0.717, 1.165) is 24.3 Å². The Morgan fingerprint density at radius 1 is 1.06 bits per heavy atom. The standard InChI is InChI=1S/C20H24F3N5O3S2/c21-20(22,23)32-18-3-1-17(2-4-18)27-8-7-26(15-27)14-16-5-6-24-19(13-16)25-33(29,30)28-9-11-31-12-10-28/h1-6,13H,7-12,14-15H2,(H,24,25). The Hall–Kier alpha value is -2.06. The third-order valence-electron chi connectivity index (χ3n) is 5.27. The van der Waals surface area contributed by atoms with E-state index in [2.05, 4.69) is 19.5 Å². The highest BCUT2D eigenvalue weighted by Crippen LogP contribution is 2.37. The molecule has 1 aromatic heterocycles. The molecule has 2 saturated heterocycles. The molecule has 0 amide bonds. The molecule has 2 aliphatic rings. The van der Waals surface area contributed by atoms with Gasteiger partial charge in [-0.25, -0.2) is 4.98 Å². The number of rotatable bonds is 7. The van der Waals surface area contributed by atoms with Crippen molar-refractivity contribution in [3.63, 3.8) is 0 Å². The van der Waals surface area contributed by atoms with Crippen molar-refractivity contribution in [2.24, 2.45) is 0 Å². The van der Waals surface area contributed by atoms with Crippen molar-refractivity contribution in [2.75, 3.05) is 55.7 Å². The zero-order valence-electron chi connectivity index (χ0n) is 17.7. The molecule has 33 heavy (non-hydrogen) atoms. The Kier molecular flexibility index (Phi) is 7.34. The van der Waals surface area contributed by atoms with Gasteiger partial charge in [-0.2, -0.15) is 25.9 Å². The maximum Gasteiger partial charge on any atom is 0.446 e. The first-order chi connectivity index (χ1) is 15.7. The van der Waals surface area contributed by atoms with Crippen LogP contribution in [0, 0.1) is 0 Å². The van der Waals surface area contributed by atoms with Crippen molar-refractivity contribution in [1.82, 2.24) is 14.2 Å². The summed E-state index contributed by atoms with van der Waals surface area (Å²) in [6, 6.07) is 9.89. The van der Waals surface area contributed by atoms with Gasteiger partial charge in [0.25, 0.3) is 0 Å². The van der Waals surface area contributed by atoms with Crippen LogP contribution in [0.3, 0.4) is 0 Å². The normalized spacial score (nSPS) is 18.6. The number of thioether (sulfide) groups is 1. The second-order valence-corrected chi connectivity index (χ2v) is 10.5. The molecule has 0 saturated carbocycles. The summed E-state index contributed by atoms with van der Waals surface area (Å²) in [5.41, 5.74) is -2.53. The van der Waals surface area contributed by atoms with E-state index in [-0.39, 0.29) is 22.5 Å². The maximum absolute atomic E-state index is 12.5. The zero-order chi connectivity index (χ0) is 23.5. The average molecular weight is 504 g/mol. The molecule has 0 atom stereocenters. The van der Waals surface area contributed by atoms with E-state index in [4.69, 9.17) is 4.74 Å². The second kappa shape index (κ2) is 10.1. The maximum atomic E-state index is 12.5. The quantitative estimate of drug-likeness (QED) is 0.582. The molecule has 0 radical (unpaired) electrons. The summed E-state index contributed by atoms with van der Waals surface area (Å²) in [5, 5.41) is 0. The number of halogens is 3. The third kappa shape index (κ3) is 6.73. The van der Waals surface area contributed by atoms with Crippen LogP contribution in [0.15, 0.2) is 47.5 Å². The molecule has 2 fully saturated rings. The molecule has 4 rings (SSSR count). The van der Waals surface area contributed by atoms with E-state index < -0.39 is 15.7 Å². The fourth-order valence-electron chi connectivity index (χ4n) is 3.71. The lowest BCUT2D eigenvalue weighted by molar-refractivity contribution is -0.0328. The van der Waals surface area contributed by atoms with Gasteiger partial charge in [0.2, 0.25) is 0 Å². The van der Waals surface area contributed by atoms with E-state index in [1.165, 1.54) is 16.4 Å². The number of hydrogen-bond acceptors (Lipinski definition) is 7. The van der Waals surface area contributed by atoms with Crippen LogP contribution in [0.25, 0.3) is 0 Å². The molecule has 8 nitrogen and oxygen atoms in total. The van der Waals surface area contributed by atoms with Crippen LogP contribution in [0.5, 0.6) is 0 Å². The molecule has 0 aliphatic carbocycles. The largest absolute Gasteiger partial charge is 0.446 e. The number of morpholine rings is 1. The molecule has 0 unspecified atom stereocenters. The van der Waals surface area contributed by atoms with Crippen LogP contribution in [0.1, 0.15) is 5.56 Å². The van der Waals surface area contributed by atoms with Crippen molar-refractivity contribution in [3.8, 4) is 0 Å². The van der Waals surface area contributed by atoms with Gasteiger partial charge in [0, 0.05) is 49.5 Å². The van der Waals surface area contributed by atoms with Gasteiger partial charge < -0.3 is 9.64 Å². The molecule has 0 spiro atoms. The minimum atomic E-state index is -4.30. The van der Waals surface area contributed by atoms with Gasteiger partial charge in [0.05, 0.1) is 19.9 Å². The lowest BCUT2D eigenvalue weighted by Crippen LogP contribution is -2.43. The molecule has 0 bridgehead atoms. The van der Waals surface area contributed by atoms with Gasteiger partial charge >= 0.3 is 15.7 Å². The van der Waals surface area contributed by atoms with Gasteiger partial charge in [0.1, 0.15) is 5.82 Å². The van der Waals surface area contributed by atoms with Crippen LogP contribution in [-0.4, -0.2) is 74.2 Å². The molecule has 3 heterocycles. The van der Waals surface area contributed by atoms with Crippen molar-refractivity contribution in [1.29, 1.82) is 0 Å². The number of anilines is 2. The van der Waals surface area contributed by atoms with Gasteiger partial charge in [-0.1, -0.05) is 0 Å². The molecule has 1 N–H and O–H groups in total. The summed E-state index contributed by atoms with van der Waals surface area (Å²) in [6.07, 6.45) is 1.57. The number of benzene rings is 1. The Labute approximate surface area is 194 Å². The first-order valence-corrected chi connectivity index (χ1v) is 12.6. The predicted octanol–water partition coefficient (Wildman–Crippen LogP) is 2.96. The summed E-state index contributed by atoms with van der Waals surface area (Å²) in [5.74, 6) is 0.257. The Morgan fingerprint density at radius 3 is 2.48 bits per heavy atom. The lowest BCUT2D eigenvalue weighted by atomic mass is 10.2. The fraction of sp³-hybridized carbons (Fsp3) is 0.450. The molecule has 180 valence electrons. The number of pyridine rings is 1. The smallest absolute Gasteiger partial charge is 0.379 e. The Bertz CT molecular complexity index is 1050. The van der Waals surface area contributed by atoms with Gasteiger partial charge in [0.15, 0.2) is 0 Å². The van der Waals surface area contributed by atoms with Crippen molar-refractivity contribution >= 4 is 33.5 Å². The van der Waals surface area contributed by atoms with E-state index >= 15 is 0 Å². The number of alkyl halides is 3. The number of ether oxygens (including phenoxy) is 1. The minimum Gasteiger partial charge on any atom is -0.379 e. The predicted molar refractivity (Wildman–Crippen MR) is 120 cm³/mol. The van der Waals surface area contributed by atoms with Gasteiger partial charge in [-0.05, 0) is 53.7 Å². The van der Waals surface area contributed by atoms with Gasteiger partial charge in [-0.15, -0.1) is 0 Å². The molecular weight excluding hydrogens is 479 g/mol. The number of nitrogens with zero attached hydrogens (tertiary/aromatic N) is 4. The summed E-state index contributed by atoms with van der Waals surface area (Å²) < 4.78 is 71.7. The molecule has 1 aromatic carbocycles. The van der Waals surface area contributed by atoms with Crippen LogP contribution in [0.2, 0.25) is 0 Å². The summed E-state index contributed by atoms with van der Waals surface area (Å²) in [4.78, 5) is 8.55. The monoisotopic (exact) mass is 503 g/mol. The van der Waals surface area contributed by atoms with Crippen LogP contribution in [0.4, 0.5) is 24.7 Å². The fourth-order valence-corrected chi connectivity index (χ4v) is 5.39. The molecule has 2 aliphatic heterocycles. The SMILES string of the molecule is O=S(=O)(Nc1cc(CN2CCN(c3ccc(SC(F)(F)F)cc3)C2)ccn1)N1CCOCC1. The summed E-state index contributed by atoms with van der Waals surface area (Å²) >= 11 is -0.124. The zero-order valence-corrected chi connectivity index (χ0v) is 19.3. The van der Waals surface area contributed by atoms with E-state index in [9.17, 15) is 21.6 Å². The molecule has 2 aromatic rings. The highest BCUT2D eigenvalue weighted by molar-refractivity contribution is 8.00. The average Bonchev–Trinajstić information content (AvgIpc) is 3.22. The third-order valence-corrected chi connectivity index (χ3v) is 7.52. The highest BCUT2D eigenvalue weighted by Gasteiger charge is 2.29. The number of aromatic nitrogens is 1. The van der Waals surface area contributed by atoms with Crippen LogP contribution >= 0.6 is 11.8 Å². The number of nitrogens with one attached hydrogen (secondary N) is 1. The van der Waals surface area contributed by atoms with E-state index in [1.54, 1.807) is 24.4 Å². The van der Waals surface area contributed by atoms with Crippen LogP contribution in [-0.2, 0) is 21.5 Å². The van der Waals surface area contributed by atoms with Crippen molar-refractivity contribution in [3.05, 3.63) is 48.2 Å². The molecule has 13 heteroatoms. The number of hydrogen-bond donors (Lipinski definition) is 1. The second-order valence-electron chi connectivity index (χ2n) is 7.67. The van der Waals surface area contributed by atoms with Crippen molar-refractivity contribution < 1.29 is 26.3 Å². The summed E-state index contributed by atoms with van der Waals surface area (Å²) in [7, 11) is -3.69. The summed E-state index contributed by atoms with van der Waals surface area (Å²) in [6.45, 7) is 4.05. The molecular formula is C20H24F3N5O3S2. The lowest BCUT2D eigenvalue weighted by Gasteiger charge is -2.26. The Morgan fingerprint density at radius 2 is 1.79 bits per heavy atom. The highest BCUT2D eigenvalue weighted by atomic mass is 32.2. The van der Waals surface area contributed by atoms with Gasteiger partial charge in [-0.3, -0.25) is 9.62 Å². The first-order valence-electron chi connectivity index (χ1n) is 10.3. The first kappa shape index (κ1) is 24.1. The van der Waals surface area contributed by atoms with Crippen molar-refractivity contribution in [2.45, 2.75) is 16.9 Å². The minimum absolute atomic E-state index is 0.124.